The number of nitrogens with zero attached hydrogens (tertiary/aromatic N) is 1. The summed E-state index contributed by atoms with van der Waals surface area (Å²) in [6.07, 6.45) is 0. The summed E-state index contributed by atoms with van der Waals surface area (Å²) in [6, 6.07) is 5.72. The van der Waals surface area contributed by atoms with Crippen LogP contribution in [-0.4, -0.2) is 36.2 Å². The molecule has 19 heavy (non-hydrogen) atoms. The van der Waals surface area contributed by atoms with Crippen molar-refractivity contribution >= 4 is 27.6 Å². The molecule has 0 spiro atoms. The minimum atomic E-state index is -0.274. The fourth-order valence-electron chi connectivity index (χ4n) is 2.10. The highest BCUT2D eigenvalue weighted by molar-refractivity contribution is 9.10. The van der Waals surface area contributed by atoms with Crippen LogP contribution in [0.25, 0.3) is 0 Å². The molecule has 1 aliphatic heterocycles. The lowest BCUT2D eigenvalue weighted by molar-refractivity contribution is -0.0249. The molecule has 1 aliphatic rings. The standard InChI is InChI=1S/C14H19BrN2O2/c1-10-4-5-11(8-12(10)15)16-13(18)17-6-7-19-9-14(17,2)3/h4-5,8H,6-7,9H2,1-3H3,(H,16,18). The van der Waals surface area contributed by atoms with E-state index in [-0.39, 0.29) is 11.6 Å². The van der Waals surface area contributed by atoms with E-state index < -0.39 is 0 Å². The van der Waals surface area contributed by atoms with Crippen molar-refractivity contribution in [1.29, 1.82) is 0 Å². The molecule has 0 aliphatic carbocycles. The lowest BCUT2D eigenvalue weighted by Crippen LogP contribution is -2.56. The summed E-state index contributed by atoms with van der Waals surface area (Å²) in [7, 11) is 0. The van der Waals surface area contributed by atoms with Crippen LogP contribution in [0, 0.1) is 6.92 Å². The van der Waals surface area contributed by atoms with E-state index in [1.165, 1.54) is 0 Å². The Labute approximate surface area is 122 Å². The topological polar surface area (TPSA) is 41.6 Å². The molecule has 104 valence electrons. The van der Waals surface area contributed by atoms with Gasteiger partial charge in [0.05, 0.1) is 18.8 Å². The number of halogens is 1. The molecule has 0 saturated carbocycles. The maximum absolute atomic E-state index is 12.3. The number of carbonyl (C=O) groups is 1. The average Bonchev–Trinajstić information content (AvgIpc) is 2.33. The molecule has 0 aromatic heterocycles. The second kappa shape index (κ2) is 5.51. The first-order valence-electron chi connectivity index (χ1n) is 6.33. The fraction of sp³-hybridized carbons (Fsp3) is 0.500. The molecule has 0 bridgehead atoms. The van der Waals surface area contributed by atoms with E-state index in [2.05, 4.69) is 21.2 Å². The third kappa shape index (κ3) is 3.28. The number of benzene rings is 1. The summed E-state index contributed by atoms with van der Waals surface area (Å²) in [5.41, 5.74) is 1.67. The predicted molar refractivity (Wildman–Crippen MR) is 79.5 cm³/mol. The molecule has 0 atom stereocenters. The van der Waals surface area contributed by atoms with E-state index >= 15 is 0 Å². The van der Waals surface area contributed by atoms with Gasteiger partial charge in [-0.15, -0.1) is 0 Å². The van der Waals surface area contributed by atoms with Gasteiger partial charge in [-0.1, -0.05) is 22.0 Å². The molecular formula is C14H19BrN2O2. The van der Waals surface area contributed by atoms with Crippen LogP contribution >= 0.6 is 15.9 Å². The van der Waals surface area contributed by atoms with E-state index in [1.54, 1.807) is 0 Å². The number of morpholine rings is 1. The second-order valence-corrected chi connectivity index (χ2v) is 6.27. The third-order valence-electron chi connectivity index (χ3n) is 3.31. The number of urea groups is 1. The Hall–Kier alpha value is -1.07. The number of rotatable bonds is 1. The summed E-state index contributed by atoms with van der Waals surface area (Å²) >= 11 is 3.47. The summed E-state index contributed by atoms with van der Waals surface area (Å²) in [5.74, 6) is 0. The van der Waals surface area contributed by atoms with Gasteiger partial charge in [0.25, 0.3) is 0 Å². The summed E-state index contributed by atoms with van der Waals surface area (Å²) in [4.78, 5) is 14.1. The molecular weight excluding hydrogens is 308 g/mol. The molecule has 4 nitrogen and oxygen atoms in total. The Balaban J connectivity index is 2.09. The van der Waals surface area contributed by atoms with Gasteiger partial charge in [-0.05, 0) is 38.5 Å². The van der Waals surface area contributed by atoms with Gasteiger partial charge in [-0.25, -0.2) is 4.79 Å². The van der Waals surface area contributed by atoms with Crippen molar-refractivity contribution in [3.8, 4) is 0 Å². The lowest BCUT2D eigenvalue weighted by Gasteiger charge is -2.41. The monoisotopic (exact) mass is 326 g/mol. The third-order valence-corrected chi connectivity index (χ3v) is 4.17. The second-order valence-electron chi connectivity index (χ2n) is 5.41. The van der Waals surface area contributed by atoms with E-state index in [1.807, 2.05) is 43.9 Å². The van der Waals surface area contributed by atoms with Gasteiger partial charge in [0.15, 0.2) is 0 Å². The van der Waals surface area contributed by atoms with Crippen LogP contribution in [0.3, 0.4) is 0 Å². The van der Waals surface area contributed by atoms with Gasteiger partial charge in [0.1, 0.15) is 0 Å². The number of amides is 2. The smallest absolute Gasteiger partial charge is 0.322 e. The van der Waals surface area contributed by atoms with Crippen molar-refractivity contribution in [3.05, 3.63) is 28.2 Å². The van der Waals surface area contributed by atoms with Crippen molar-refractivity contribution < 1.29 is 9.53 Å². The van der Waals surface area contributed by atoms with Crippen LogP contribution in [0.15, 0.2) is 22.7 Å². The molecule has 1 aromatic carbocycles. The van der Waals surface area contributed by atoms with Crippen LogP contribution in [0.4, 0.5) is 10.5 Å². The number of hydrogen-bond donors (Lipinski definition) is 1. The summed E-state index contributed by atoms with van der Waals surface area (Å²) in [6.45, 7) is 7.81. The average molecular weight is 327 g/mol. The zero-order valence-corrected chi connectivity index (χ0v) is 13.1. The maximum atomic E-state index is 12.3. The van der Waals surface area contributed by atoms with Gasteiger partial charge < -0.3 is 15.0 Å². The minimum Gasteiger partial charge on any atom is -0.377 e. The first kappa shape index (κ1) is 14.3. The summed E-state index contributed by atoms with van der Waals surface area (Å²) in [5, 5.41) is 2.94. The molecule has 1 aromatic rings. The number of aryl methyl sites for hydroxylation is 1. The largest absolute Gasteiger partial charge is 0.377 e. The van der Waals surface area contributed by atoms with Crippen molar-refractivity contribution in [1.82, 2.24) is 4.90 Å². The highest BCUT2D eigenvalue weighted by atomic mass is 79.9. The Morgan fingerprint density at radius 2 is 2.21 bits per heavy atom. The number of ether oxygens (including phenoxy) is 1. The van der Waals surface area contributed by atoms with Crippen molar-refractivity contribution in [2.75, 3.05) is 25.1 Å². The summed E-state index contributed by atoms with van der Waals surface area (Å²) < 4.78 is 6.41. The highest BCUT2D eigenvalue weighted by Crippen LogP contribution is 2.23. The minimum absolute atomic E-state index is 0.0796. The highest BCUT2D eigenvalue weighted by Gasteiger charge is 2.34. The Kier molecular flexibility index (Phi) is 4.16. The number of carbonyl (C=O) groups excluding carboxylic acids is 1. The lowest BCUT2D eigenvalue weighted by atomic mass is 10.0. The normalized spacial score (nSPS) is 18.2. The molecule has 1 saturated heterocycles. The Morgan fingerprint density at radius 3 is 2.84 bits per heavy atom. The van der Waals surface area contributed by atoms with E-state index in [0.29, 0.717) is 19.8 Å². The van der Waals surface area contributed by atoms with Gasteiger partial charge >= 0.3 is 6.03 Å². The molecule has 5 heteroatoms. The van der Waals surface area contributed by atoms with Crippen molar-refractivity contribution in [2.24, 2.45) is 0 Å². The molecule has 1 heterocycles. The number of hydrogen-bond acceptors (Lipinski definition) is 2. The molecule has 2 amide bonds. The van der Waals surface area contributed by atoms with Crippen LogP contribution in [0.2, 0.25) is 0 Å². The predicted octanol–water partition coefficient (Wildman–Crippen LogP) is 3.40. The zero-order chi connectivity index (χ0) is 14.0. The van der Waals surface area contributed by atoms with Crippen molar-refractivity contribution in [3.63, 3.8) is 0 Å². The number of nitrogens with one attached hydrogen (secondary N) is 1. The first-order valence-corrected chi connectivity index (χ1v) is 7.12. The Morgan fingerprint density at radius 1 is 1.47 bits per heavy atom. The van der Waals surface area contributed by atoms with Gasteiger partial charge in [0, 0.05) is 16.7 Å². The van der Waals surface area contributed by atoms with E-state index in [9.17, 15) is 4.79 Å². The Bertz CT molecular complexity index is 488. The van der Waals surface area contributed by atoms with Crippen LogP contribution in [0.5, 0.6) is 0 Å². The molecule has 1 N–H and O–H groups in total. The van der Waals surface area contributed by atoms with Crippen LogP contribution in [-0.2, 0) is 4.74 Å². The quantitative estimate of drug-likeness (QED) is 0.859. The maximum Gasteiger partial charge on any atom is 0.322 e. The van der Waals surface area contributed by atoms with E-state index in [0.717, 1.165) is 15.7 Å². The van der Waals surface area contributed by atoms with Crippen LogP contribution in [0.1, 0.15) is 19.4 Å². The molecule has 0 radical (unpaired) electrons. The van der Waals surface area contributed by atoms with Crippen molar-refractivity contribution in [2.45, 2.75) is 26.3 Å². The number of anilines is 1. The van der Waals surface area contributed by atoms with E-state index in [4.69, 9.17) is 4.74 Å². The fourth-order valence-corrected chi connectivity index (χ4v) is 2.48. The zero-order valence-electron chi connectivity index (χ0n) is 11.5. The van der Waals surface area contributed by atoms with Gasteiger partial charge in [0.2, 0.25) is 0 Å². The first-order chi connectivity index (χ1) is 8.90. The molecule has 2 rings (SSSR count). The van der Waals surface area contributed by atoms with Gasteiger partial charge in [-0.3, -0.25) is 0 Å². The molecule has 1 fully saturated rings. The van der Waals surface area contributed by atoms with Gasteiger partial charge in [-0.2, -0.15) is 0 Å². The van der Waals surface area contributed by atoms with Crippen LogP contribution < -0.4 is 5.32 Å². The SMILES string of the molecule is Cc1ccc(NC(=O)N2CCOCC2(C)C)cc1Br. The molecule has 0 unspecified atom stereocenters.